The Kier molecular flexibility index (Phi) is 7.49. The smallest absolute Gasteiger partial charge is 0.227 e. The summed E-state index contributed by atoms with van der Waals surface area (Å²) >= 11 is 0. The van der Waals surface area contributed by atoms with E-state index in [0.717, 1.165) is 11.6 Å². The topological polar surface area (TPSA) is 86.9 Å². The molecule has 6 nitrogen and oxygen atoms in total. The van der Waals surface area contributed by atoms with Gasteiger partial charge in [-0.3, -0.25) is 14.7 Å². The number of halogens is 2. The summed E-state index contributed by atoms with van der Waals surface area (Å²) < 4.78 is 27.3. The molecule has 0 aliphatic heterocycles. The second-order valence-corrected chi connectivity index (χ2v) is 9.52. The number of aromatic nitrogens is 2. The summed E-state index contributed by atoms with van der Waals surface area (Å²) in [5.74, 6) is -1.47. The lowest BCUT2D eigenvalue weighted by molar-refractivity contribution is -0.122. The van der Waals surface area contributed by atoms with Crippen molar-refractivity contribution < 1.29 is 18.4 Å². The maximum Gasteiger partial charge on any atom is 0.227 e. The highest BCUT2D eigenvalue weighted by Gasteiger charge is 2.27. The minimum atomic E-state index is -0.765. The van der Waals surface area contributed by atoms with Crippen LogP contribution in [0.4, 0.5) is 14.6 Å². The van der Waals surface area contributed by atoms with E-state index in [1.807, 2.05) is 44.2 Å². The van der Waals surface area contributed by atoms with Crippen LogP contribution in [0.1, 0.15) is 57.4 Å². The highest BCUT2D eigenvalue weighted by molar-refractivity contribution is 5.90. The Morgan fingerprint density at radius 3 is 2.21 bits per heavy atom. The van der Waals surface area contributed by atoms with Crippen molar-refractivity contribution in [2.24, 2.45) is 0 Å². The molecule has 3 N–H and O–H groups in total. The molecule has 0 spiro atoms. The highest BCUT2D eigenvalue weighted by Crippen LogP contribution is 2.32. The van der Waals surface area contributed by atoms with Gasteiger partial charge in [-0.15, -0.1) is 0 Å². The first-order valence-electron chi connectivity index (χ1n) is 11.1. The number of nitrogens with one attached hydrogen (secondary N) is 3. The van der Waals surface area contributed by atoms with Gasteiger partial charge < -0.3 is 10.6 Å². The van der Waals surface area contributed by atoms with Crippen LogP contribution in [-0.4, -0.2) is 28.6 Å². The lowest BCUT2D eigenvalue weighted by Crippen LogP contribution is -2.33. The third kappa shape index (κ3) is 6.27. The number of hydrogen-bond donors (Lipinski definition) is 3. The molecule has 0 bridgehead atoms. The zero-order valence-corrected chi connectivity index (χ0v) is 19.8. The Morgan fingerprint density at radius 2 is 1.56 bits per heavy atom. The quantitative estimate of drug-likeness (QED) is 0.421. The molecule has 180 valence electrons. The van der Waals surface area contributed by atoms with Gasteiger partial charge in [-0.1, -0.05) is 58.0 Å². The molecule has 1 aromatic heterocycles. The first kappa shape index (κ1) is 25.1. The maximum atomic E-state index is 13.7. The fraction of sp³-hybridized carbons (Fsp3) is 0.346. The van der Waals surface area contributed by atoms with Gasteiger partial charge in [0.2, 0.25) is 11.8 Å². The summed E-state index contributed by atoms with van der Waals surface area (Å²) in [6.45, 7) is 7.80. The van der Waals surface area contributed by atoms with E-state index < -0.39 is 17.0 Å². The second-order valence-electron chi connectivity index (χ2n) is 9.52. The van der Waals surface area contributed by atoms with Crippen molar-refractivity contribution in [1.82, 2.24) is 15.5 Å². The molecule has 0 saturated heterocycles. The van der Waals surface area contributed by atoms with E-state index in [0.29, 0.717) is 23.5 Å². The van der Waals surface area contributed by atoms with Crippen molar-refractivity contribution >= 4 is 17.6 Å². The first-order valence-corrected chi connectivity index (χ1v) is 11.1. The molecule has 0 radical (unpaired) electrons. The summed E-state index contributed by atoms with van der Waals surface area (Å²) in [7, 11) is 0. The van der Waals surface area contributed by atoms with E-state index in [4.69, 9.17) is 0 Å². The molecule has 3 rings (SSSR count). The Morgan fingerprint density at radius 1 is 0.912 bits per heavy atom. The minimum absolute atomic E-state index is 0.0815. The molecule has 2 aromatic carbocycles. The lowest BCUT2D eigenvalue weighted by atomic mass is 9.81. The average Bonchev–Trinajstić information content (AvgIpc) is 3.22. The summed E-state index contributed by atoms with van der Waals surface area (Å²) in [5.41, 5.74) is 1.01. The number of hydrogen-bond acceptors (Lipinski definition) is 3. The fourth-order valence-corrected chi connectivity index (χ4v) is 3.75. The van der Waals surface area contributed by atoms with Crippen LogP contribution in [0.25, 0.3) is 0 Å². The van der Waals surface area contributed by atoms with Gasteiger partial charge in [0.05, 0.1) is 0 Å². The van der Waals surface area contributed by atoms with Crippen LogP contribution in [0.3, 0.4) is 0 Å². The third-order valence-corrected chi connectivity index (χ3v) is 5.93. The van der Waals surface area contributed by atoms with Gasteiger partial charge in [0.15, 0.2) is 5.82 Å². The number of H-pyrrole nitrogens is 1. The third-order valence-electron chi connectivity index (χ3n) is 5.93. The van der Waals surface area contributed by atoms with E-state index in [-0.39, 0.29) is 30.2 Å². The molecule has 34 heavy (non-hydrogen) atoms. The van der Waals surface area contributed by atoms with Crippen molar-refractivity contribution in [3.63, 3.8) is 0 Å². The van der Waals surface area contributed by atoms with Gasteiger partial charge in [0, 0.05) is 42.6 Å². The molecular formula is C26H30F2N4O2. The van der Waals surface area contributed by atoms with Crippen molar-refractivity contribution in [3.8, 4) is 0 Å². The molecule has 0 saturated carbocycles. The molecular weight excluding hydrogens is 438 g/mol. The van der Waals surface area contributed by atoms with Gasteiger partial charge in [-0.05, 0) is 28.7 Å². The minimum Gasteiger partial charge on any atom is -0.356 e. The SMILES string of the molecule is CC(C)(CC(=O)NCCC(=O)Nc1cc(C(C)(C)c2cc(F)cc(F)c2)[nH]n1)c1ccccc1. The van der Waals surface area contributed by atoms with Crippen molar-refractivity contribution in [1.29, 1.82) is 0 Å². The fourth-order valence-electron chi connectivity index (χ4n) is 3.75. The lowest BCUT2D eigenvalue weighted by Gasteiger charge is -2.24. The Balaban J connectivity index is 1.51. The monoisotopic (exact) mass is 468 g/mol. The van der Waals surface area contributed by atoms with Crippen LogP contribution in [-0.2, 0) is 20.4 Å². The molecule has 8 heteroatoms. The first-order chi connectivity index (χ1) is 16.0. The summed E-state index contributed by atoms with van der Waals surface area (Å²) in [5, 5.41) is 12.4. The standard InChI is InChI=1S/C26H30F2N4O2/c1-25(2,17-8-6-5-7-9-17)16-24(34)29-11-10-23(33)30-22-15-21(31-32-22)26(3,4)18-12-19(27)14-20(28)13-18/h5-9,12-15H,10-11,16H2,1-4H3,(H,29,34)(H2,30,31,32,33). The van der Waals surface area contributed by atoms with Crippen molar-refractivity contribution in [2.75, 3.05) is 11.9 Å². The van der Waals surface area contributed by atoms with Crippen molar-refractivity contribution in [3.05, 3.63) is 83.1 Å². The number of amides is 2. The van der Waals surface area contributed by atoms with Gasteiger partial charge in [-0.25, -0.2) is 8.78 Å². The van der Waals surface area contributed by atoms with Crippen LogP contribution in [0.15, 0.2) is 54.6 Å². The summed E-state index contributed by atoms with van der Waals surface area (Å²) in [6.07, 6.45) is 0.384. The number of aromatic amines is 1. The van der Waals surface area contributed by atoms with E-state index >= 15 is 0 Å². The predicted molar refractivity (Wildman–Crippen MR) is 127 cm³/mol. The van der Waals surface area contributed by atoms with Crippen LogP contribution >= 0.6 is 0 Å². The van der Waals surface area contributed by atoms with Crippen molar-refractivity contribution in [2.45, 2.75) is 51.4 Å². The number of carbonyl (C=O) groups excluding carboxylic acids is 2. The average molecular weight is 469 g/mol. The molecule has 0 atom stereocenters. The van der Waals surface area contributed by atoms with Crippen LogP contribution in [0.2, 0.25) is 0 Å². The van der Waals surface area contributed by atoms with Crippen LogP contribution in [0, 0.1) is 11.6 Å². The molecule has 0 unspecified atom stereocenters. The molecule has 3 aromatic rings. The summed E-state index contributed by atoms with van der Waals surface area (Å²) in [6, 6.07) is 14.8. The van der Waals surface area contributed by atoms with Gasteiger partial charge in [-0.2, -0.15) is 5.10 Å². The molecule has 0 fully saturated rings. The zero-order valence-electron chi connectivity index (χ0n) is 19.8. The largest absolute Gasteiger partial charge is 0.356 e. The highest BCUT2D eigenvalue weighted by atomic mass is 19.1. The Hall–Kier alpha value is -3.55. The van der Waals surface area contributed by atoms with E-state index in [2.05, 4.69) is 20.8 Å². The number of nitrogens with zero attached hydrogens (tertiary/aromatic N) is 1. The normalized spacial score (nSPS) is 11.8. The number of carbonyl (C=O) groups is 2. The van der Waals surface area contributed by atoms with Gasteiger partial charge in [0.1, 0.15) is 11.6 Å². The number of anilines is 1. The maximum absolute atomic E-state index is 13.7. The molecule has 0 aliphatic carbocycles. The predicted octanol–water partition coefficient (Wildman–Crippen LogP) is 4.83. The zero-order chi connectivity index (χ0) is 24.9. The second kappa shape index (κ2) is 10.2. The van der Waals surface area contributed by atoms with E-state index in [9.17, 15) is 18.4 Å². The van der Waals surface area contributed by atoms with Crippen LogP contribution < -0.4 is 10.6 Å². The Bertz CT molecular complexity index is 1140. The Labute approximate surface area is 198 Å². The number of benzene rings is 2. The number of rotatable bonds is 9. The van der Waals surface area contributed by atoms with E-state index in [1.54, 1.807) is 19.9 Å². The van der Waals surface area contributed by atoms with E-state index in [1.165, 1.54) is 12.1 Å². The van der Waals surface area contributed by atoms with Gasteiger partial charge >= 0.3 is 0 Å². The summed E-state index contributed by atoms with van der Waals surface area (Å²) in [4.78, 5) is 24.7. The molecule has 0 aliphatic rings. The van der Waals surface area contributed by atoms with Gasteiger partial charge in [0.25, 0.3) is 0 Å². The molecule has 2 amide bonds. The van der Waals surface area contributed by atoms with Crippen LogP contribution in [0.5, 0.6) is 0 Å². The molecule has 1 heterocycles.